The number of nitrogens with two attached hydrogens (primary N) is 4. The highest BCUT2D eigenvalue weighted by atomic mass is 32.1. The molecule has 0 aliphatic heterocycles. The molecule has 0 aliphatic carbocycles. The predicted molar refractivity (Wildman–Crippen MR) is 181 cm³/mol. The van der Waals surface area contributed by atoms with Crippen LogP contribution >= 0.6 is 12.6 Å². The number of benzene rings is 1. The molecule has 0 saturated heterocycles. The Morgan fingerprint density at radius 1 is 0.708 bits per heavy atom. The molecule has 7 atom stereocenters. The van der Waals surface area contributed by atoms with Crippen LogP contribution in [0.3, 0.4) is 0 Å². The van der Waals surface area contributed by atoms with Gasteiger partial charge >= 0.3 is 5.97 Å². The van der Waals surface area contributed by atoms with Crippen LogP contribution in [0.15, 0.2) is 24.3 Å². The standard InChI is InChI=1S/C30H51N9O8S/c1-3-16(2)24(39-25(41)19(34)8-11-31)29(45)38-23(15-48)28(44)36-20(9-12-32)26(42)35-21(10-13-33)27(43)37-22(30(46)47)14-17-4-6-18(40)7-5-17/h4-7,16,19-24,40,48H,3,8-15,31-34H2,1-2H3,(H,35,42)(H,36,44)(H,37,43)(H,38,45)(H,39,41)(H,46,47)/t16-,19-,20-,21-,22-,23-,24-/m0/s1. The van der Waals surface area contributed by atoms with E-state index in [4.69, 9.17) is 22.9 Å². The third-order valence-electron chi connectivity index (χ3n) is 7.59. The first kappa shape index (κ1) is 42.1. The SMILES string of the molecule is CC[C@H](C)[C@H](NC(=O)[C@@H](N)CCN)C(=O)N[C@@H](CS)C(=O)N[C@@H](CCN)C(=O)N[C@@H](CCN)C(=O)N[C@@H](Cc1ccc(O)cc1)C(=O)O. The number of carbonyl (C=O) groups is 6. The molecule has 15 N–H and O–H groups in total. The molecule has 0 unspecified atom stereocenters. The Morgan fingerprint density at radius 3 is 1.60 bits per heavy atom. The third-order valence-corrected chi connectivity index (χ3v) is 7.96. The van der Waals surface area contributed by atoms with E-state index >= 15 is 0 Å². The lowest BCUT2D eigenvalue weighted by Gasteiger charge is -2.28. The lowest BCUT2D eigenvalue weighted by Crippen LogP contribution is -2.60. The minimum Gasteiger partial charge on any atom is -0.508 e. The van der Waals surface area contributed by atoms with Gasteiger partial charge < -0.3 is 59.7 Å². The van der Waals surface area contributed by atoms with Crippen LogP contribution in [0, 0.1) is 5.92 Å². The van der Waals surface area contributed by atoms with Crippen molar-refractivity contribution < 1.29 is 39.0 Å². The normalized spacial score (nSPS) is 15.4. The van der Waals surface area contributed by atoms with Crippen LogP contribution < -0.4 is 49.5 Å². The monoisotopic (exact) mass is 697 g/mol. The zero-order valence-electron chi connectivity index (χ0n) is 27.3. The van der Waals surface area contributed by atoms with Crippen LogP contribution in [0.25, 0.3) is 0 Å². The van der Waals surface area contributed by atoms with Crippen LogP contribution in [-0.2, 0) is 35.2 Å². The number of phenolic OH excluding ortho intramolecular Hbond substituents is 1. The summed E-state index contributed by atoms with van der Waals surface area (Å²) in [5, 5.41) is 31.8. The minimum atomic E-state index is -1.36. The fraction of sp³-hybridized carbons (Fsp3) is 0.600. The van der Waals surface area contributed by atoms with E-state index in [1.54, 1.807) is 6.92 Å². The van der Waals surface area contributed by atoms with E-state index in [9.17, 15) is 39.0 Å². The minimum absolute atomic E-state index is 0.00869. The summed E-state index contributed by atoms with van der Waals surface area (Å²) in [6, 6.07) is -1.26. The number of hydrogen-bond acceptors (Lipinski definition) is 12. The van der Waals surface area contributed by atoms with Crippen molar-refractivity contribution in [2.24, 2.45) is 28.9 Å². The van der Waals surface area contributed by atoms with Crippen molar-refractivity contribution in [1.82, 2.24) is 26.6 Å². The highest BCUT2D eigenvalue weighted by molar-refractivity contribution is 7.80. The van der Waals surface area contributed by atoms with Gasteiger partial charge in [0.05, 0.1) is 6.04 Å². The van der Waals surface area contributed by atoms with Gasteiger partial charge in [0.15, 0.2) is 0 Å². The number of hydrogen-bond donors (Lipinski definition) is 12. The molecule has 48 heavy (non-hydrogen) atoms. The van der Waals surface area contributed by atoms with Gasteiger partial charge in [-0.1, -0.05) is 32.4 Å². The average molecular weight is 698 g/mol. The molecule has 0 bridgehead atoms. The number of aliphatic carboxylic acids is 1. The van der Waals surface area contributed by atoms with Gasteiger partial charge in [-0.15, -0.1) is 0 Å². The third kappa shape index (κ3) is 14.0. The lowest BCUT2D eigenvalue weighted by molar-refractivity contribution is -0.142. The van der Waals surface area contributed by atoms with E-state index in [1.165, 1.54) is 24.3 Å². The highest BCUT2D eigenvalue weighted by Crippen LogP contribution is 2.12. The number of aromatic hydroxyl groups is 1. The van der Waals surface area contributed by atoms with Crippen molar-refractivity contribution >= 4 is 48.1 Å². The van der Waals surface area contributed by atoms with Crippen LogP contribution in [0.4, 0.5) is 0 Å². The molecule has 0 radical (unpaired) electrons. The fourth-order valence-corrected chi connectivity index (χ4v) is 4.74. The first-order valence-corrected chi connectivity index (χ1v) is 16.3. The van der Waals surface area contributed by atoms with Gasteiger partial charge in [-0.05, 0) is 62.5 Å². The average Bonchev–Trinajstić information content (AvgIpc) is 3.05. The van der Waals surface area contributed by atoms with E-state index in [0.717, 1.165) is 0 Å². The topological polar surface area (TPSA) is 307 Å². The Balaban J connectivity index is 3.02. The van der Waals surface area contributed by atoms with Crippen LogP contribution in [0.1, 0.15) is 45.1 Å². The second kappa shape index (κ2) is 21.8. The van der Waals surface area contributed by atoms with Crippen molar-refractivity contribution in [2.75, 3.05) is 25.4 Å². The summed E-state index contributed by atoms with van der Waals surface area (Å²) in [4.78, 5) is 77.3. The van der Waals surface area contributed by atoms with Crippen molar-refractivity contribution in [1.29, 1.82) is 0 Å². The molecule has 0 aromatic heterocycles. The van der Waals surface area contributed by atoms with E-state index < -0.39 is 71.8 Å². The van der Waals surface area contributed by atoms with Gasteiger partial charge in [0.2, 0.25) is 29.5 Å². The highest BCUT2D eigenvalue weighted by Gasteiger charge is 2.33. The van der Waals surface area contributed by atoms with Gasteiger partial charge in [0.1, 0.15) is 36.0 Å². The Hall–Kier alpha value is -3.97. The van der Waals surface area contributed by atoms with Gasteiger partial charge in [-0.3, -0.25) is 24.0 Å². The number of thiol groups is 1. The van der Waals surface area contributed by atoms with Crippen LogP contribution in [0.5, 0.6) is 5.75 Å². The number of rotatable bonds is 22. The second-order valence-corrected chi connectivity index (χ2v) is 11.7. The summed E-state index contributed by atoms with van der Waals surface area (Å²) in [6.45, 7) is 3.67. The molecule has 1 aromatic carbocycles. The molecule has 0 aliphatic rings. The largest absolute Gasteiger partial charge is 0.508 e. The summed E-state index contributed by atoms with van der Waals surface area (Å²) in [5.41, 5.74) is 23.2. The van der Waals surface area contributed by atoms with E-state index in [-0.39, 0.29) is 62.7 Å². The Labute approximate surface area is 285 Å². The Bertz CT molecular complexity index is 1220. The van der Waals surface area contributed by atoms with E-state index in [2.05, 4.69) is 39.2 Å². The van der Waals surface area contributed by atoms with Gasteiger partial charge in [-0.25, -0.2) is 4.79 Å². The number of carboxylic acid groups (broad SMARTS) is 1. The van der Waals surface area contributed by atoms with Crippen molar-refractivity contribution in [3.63, 3.8) is 0 Å². The van der Waals surface area contributed by atoms with Crippen LogP contribution in [-0.4, -0.2) is 107 Å². The van der Waals surface area contributed by atoms with Crippen LogP contribution in [0.2, 0.25) is 0 Å². The summed E-state index contributed by atoms with van der Waals surface area (Å²) in [7, 11) is 0. The molecule has 18 heteroatoms. The maximum absolute atomic E-state index is 13.3. The molecule has 0 heterocycles. The van der Waals surface area contributed by atoms with Gasteiger partial charge in [-0.2, -0.15) is 12.6 Å². The molecule has 0 saturated carbocycles. The Morgan fingerprint density at radius 2 is 1.17 bits per heavy atom. The first-order valence-electron chi connectivity index (χ1n) is 15.7. The summed E-state index contributed by atoms with van der Waals surface area (Å²) in [6.07, 6.45) is 0.517. The maximum atomic E-state index is 13.3. The van der Waals surface area contributed by atoms with E-state index in [1.807, 2.05) is 6.92 Å². The quantitative estimate of drug-likeness (QED) is 0.0533. The molecule has 1 rings (SSSR count). The Kier molecular flexibility index (Phi) is 19.1. The molecule has 17 nitrogen and oxygen atoms in total. The maximum Gasteiger partial charge on any atom is 0.326 e. The molecule has 0 fully saturated rings. The number of nitrogens with one attached hydrogen (secondary N) is 5. The molecular formula is C30H51N9O8S. The molecule has 270 valence electrons. The summed E-state index contributed by atoms with van der Waals surface area (Å²) in [5.74, 6) is -5.45. The second-order valence-electron chi connectivity index (χ2n) is 11.3. The van der Waals surface area contributed by atoms with Gasteiger partial charge in [0.25, 0.3) is 0 Å². The summed E-state index contributed by atoms with van der Waals surface area (Å²) >= 11 is 4.18. The van der Waals surface area contributed by atoms with E-state index in [0.29, 0.717) is 12.0 Å². The molecule has 1 aromatic rings. The summed E-state index contributed by atoms with van der Waals surface area (Å²) < 4.78 is 0. The van der Waals surface area contributed by atoms with Crippen molar-refractivity contribution in [3.05, 3.63) is 29.8 Å². The zero-order valence-corrected chi connectivity index (χ0v) is 28.2. The number of carboxylic acids is 1. The number of amides is 5. The lowest BCUT2D eigenvalue weighted by atomic mass is 9.97. The zero-order chi connectivity index (χ0) is 36.4. The molecule has 5 amide bonds. The van der Waals surface area contributed by atoms with Gasteiger partial charge in [0, 0.05) is 12.2 Å². The number of phenols is 1. The predicted octanol–water partition coefficient (Wildman–Crippen LogP) is -3.21. The fourth-order valence-electron chi connectivity index (χ4n) is 4.48. The van der Waals surface area contributed by atoms with Crippen molar-refractivity contribution in [2.45, 2.75) is 82.2 Å². The smallest absolute Gasteiger partial charge is 0.326 e. The molecule has 0 spiro atoms. The number of carbonyl (C=O) groups excluding carboxylic acids is 5. The van der Waals surface area contributed by atoms with Crippen molar-refractivity contribution in [3.8, 4) is 5.75 Å². The first-order chi connectivity index (χ1) is 22.7. The molecular weight excluding hydrogens is 646 g/mol.